The molecule has 0 radical (unpaired) electrons. The van der Waals surface area contributed by atoms with E-state index in [1.807, 2.05) is 4.90 Å². The third-order valence-corrected chi connectivity index (χ3v) is 8.32. The number of hydrogen-bond acceptors (Lipinski definition) is 9. The lowest BCUT2D eigenvalue weighted by Gasteiger charge is -2.38. The number of nitrogens with zero attached hydrogens (tertiary/aromatic N) is 3. The Morgan fingerprint density at radius 3 is 2.58 bits per heavy atom. The molecule has 1 aromatic heterocycles. The van der Waals surface area contributed by atoms with Gasteiger partial charge in [-0.25, -0.2) is 9.97 Å². The summed E-state index contributed by atoms with van der Waals surface area (Å²) in [5.74, 6) is -0.0804. The molecule has 5 rings (SSSR count). The number of methoxy groups -OCH3 is 1. The molecule has 3 aliphatic rings. The molecule has 1 aromatic carbocycles. The number of ether oxygens (including phenoxy) is 5. The van der Waals surface area contributed by atoms with Crippen LogP contribution >= 0.6 is 0 Å². The topological polar surface area (TPSA) is 104 Å². The fourth-order valence-electron chi connectivity index (χ4n) is 5.95. The average molecular weight is 609 g/mol. The molecule has 13 heteroatoms. The zero-order valence-electron chi connectivity index (χ0n) is 24.5. The Labute approximate surface area is 249 Å². The second-order valence-corrected chi connectivity index (χ2v) is 11.2. The highest BCUT2D eigenvalue weighted by atomic mass is 19.4. The molecule has 43 heavy (non-hydrogen) atoms. The van der Waals surface area contributed by atoms with Gasteiger partial charge in [-0.1, -0.05) is 12.1 Å². The zero-order valence-corrected chi connectivity index (χ0v) is 24.5. The monoisotopic (exact) mass is 608 g/mol. The van der Waals surface area contributed by atoms with Crippen LogP contribution < -0.4 is 14.8 Å². The first-order valence-corrected chi connectivity index (χ1v) is 14.8. The maximum absolute atomic E-state index is 13.4. The Kier molecular flexibility index (Phi) is 10.4. The molecular weight excluding hydrogens is 569 g/mol. The molecule has 10 nitrogen and oxygen atoms in total. The third-order valence-electron chi connectivity index (χ3n) is 8.32. The van der Waals surface area contributed by atoms with Crippen molar-refractivity contribution in [3.8, 4) is 11.6 Å². The van der Waals surface area contributed by atoms with Crippen LogP contribution in [0, 0.1) is 6.92 Å². The highest BCUT2D eigenvalue weighted by Gasteiger charge is 2.33. The molecule has 1 amide bonds. The molecule has 0 aliphatic carbocycles. The molecule has 236 valence electrons. The summed E-state index contributed by atoms with van der Waals surface area (Å²) in [7, 11) is 1.71. The Bertz CT molecular complexity index is 1210. The second kappa shape index (κ2) is 14.2. The Balaban J connectivity index is 1.12. The molecule has 0 saturated carbocycles. The minimum atomic E-state index is -4.73. The van der Waals surface area contributed by atoms with E-state index in [4.69, 9.17) is 18.9 Å². The summed E-state index contributed by atoms with van der Waals surface area (Å²) in [5, 5.41) is 3.70. The van der Waals surface area contributed by atoms with E-state index in [2.05, 4.69) is 20.0 Å². The van der Waals surface area contributed by atoms with Crippen molar-refractivity contribution in [1.82, 2.24) is 20.2 Å². The van der Waals surface area contributed by atoms with Gasteiger partial charge in [-0.15, -0.1) is 13.2 Å². The fraction of sp³-hybridized carbons (Fsp3) is 0.633. The van der Waals surface area contributed by atoms with Crippen molar-refractivity contribution in [3.63, 3.8) is 0 Å². The molecule has 4 heterocycles. The van der Waals surface area contributed by atoms with Gasteiger partial charge >= 0.3 is 6.36 Å². The SMILES string of the molecule is CO[C@H]1COCC[C@H]1NC1CCN(C(=O)c2ncnc(OC[C@H]3CCC[C@@H](c4ccc(OC(F)(F)F)cc4)O3)c2C)CC1. The van der Waals surface area contributed by atoms with Crippen LogP contribution in [0.3, 0.4) is 0 Å². The minimum Gasteiger partial charge on any atom is -0.475 e. The van der Waals surface area contributed by atoms with Crippen LogP contribution in [0.2, 0.25) is 0 Å². The molecular formula is C30H39F3N4O6. The summed E-state index contributed by atoms with van der Waals surface area (Å²) in [6, 6.07) is 6.30. The first-order valence-electron chi connectivity index (χ1n) is 14.8. The van der Waals surface area contributed by atoms with Gasteiger partial charge < -0.3 is 33.9 Å². The molecule has 0 unspecified atom stereocenters. The molecule has 4 atom stereocenters. The molecule has 0 bridgehead atoms. The van der Waals surface area contributed by atoms with E-state index in [0.29, 0.717) is 42.9 Å². The molecule has 2 aromatic rings. The van der Waals surface area contributed by atoms with Gasteiger partial charge in [-0.2, -0.15) is 0 Å². The van der Waals surface area contributed by atoms with Crippen molar-refractivity contribution >= 4 is 5.91 Å². The second-order valence-electron chi connectivity index (χ2n) is 11.2. The molecule has 0 spiro atoms. The lowest BCUT2D eigenvalue weighted by Crippen LogP contribution is -2.54. The number of benzene rings is 1. The maximum atomic E-state index is 13.4. The van der Waals surface area contributed by atoms with Gasteiger partial charge in [0.1, 0.15) is 24.4 Å². The first kappa shape index (κ1) is 31.4. The van der Waals surface area contributed by atoms with E-state index < -0.39 is 6.36 Å². The van der Waals surface area contributed by atoms with Gasteiger partial charge in [0, 0.05) is 44.5 Å². The lowest BCUT2D eigenvalue weighted by molar-refractivity contribution is -0.274. The Morgan fingerprint density at radius 1 is 1.09 bits per heavy atom. The number of aromatic nitrogens is 2. The van der Waals surface area contributed by atoms with Crippen LogP contribution in [0.5, 0.6) is 11.6 Å². The van der Waals surface area contributed by atoms with Gasteiger partial charge in [0.15, 0.2) is 0 Å². The van der Waals surface area contributed by atoms with Crippen molar-refractivity contribution in [1.29, 1.82) is 0 Å². The van der Waals surface area contributed by atoms with E-state index in [-0.39, 0.29) is 42.6 Å². The van der Waals surface area contributed by atoms with E-state index in [0.717, 1.165) is 50.7 Å². The molecule has 1 N–H and O–H groups in total. The highest BCUT2D eigenvalue weighted by Crippen LogP contribution is 2.33. The quantitative estimate of drug-likeness (QED) is 0.445. The van der Waals surface area contributed by atoms with Gasteiger partial charge in [0.05, 0.1) is 24.9 Å². The molecule has 3 saturated heterocycles. The smallest absolute Gasteiger partial charge is 0.475 e. The van der Waals surface area contributed by atoms with Crippen molar-refractivity contribution in [3.05, 3.63) is 47.4 Å². The molecule has 3 aliphatic heterocycles. The van der Waals surface area contributed by atoms with Gasteiger partial charge in [0.2, 0.25) is 5.88 Å². The van der Waals surface area contributed by atoms with E-state index in [1.165, 1.54) is 18.5 Å². The first-order chi connectivity index (χ1) is 20.7. The highest BCUT2D eigenvalue weighted by molar-refractivity contribution is 5.94. The van der Waals surface area contributed by atoms with Crippen molar-refractivity contribution in [2.75, 3.05) is 40.0 Å². The van der Waals surface area contributed by atoms with Crippen LogP contribution in [0.15, 0.2) is 30.6 Å². The third kappa shape index (κ3) is 8.34. The van der Waals surface area contributed by atoms with Crippen LogP contribution in [-0.4, -0.2) is 91.4 Å². The van der Waals surface area contributed by atoms with Gasteiger partial charge in [-0.05, 0) is 63.1 Å². The number of rotatable bonds is 9. The number of nitrogens with one attached hydrogen (secondary N) is 1. The van der Waals surface area contributed by atoms with Crippen molar-refractivity contribution < 1.29 is 41.7 Å². The number of carbonyl (C=O) groups excluding carboxylic acids is 1. The molecule has 3 fully saturated rings. The normalized spacial score (nSPS) is 25.4. The van der Waals surface area contributed by atoms with Crippen LogP contribution in [-0.2, 0) is 14.2 Å². The number of likely N-dealkylation sites (tertiary alicyclic amines) is 1. The minimum absolute atomic E-state index is 0.0358. The lowest BCUT2D eigenvalue weighted by atomic mass is 9.98. The summed E-state index contributed by atoms with van der Waals surface area (Å²) < 4.78 is 64.7. The summed E-state index contributed by atoms with van der Waals surface area (Å²) >= 11 is 0. The summed E-state index contributed by atoms with van der Waals surface area (Å²) in [6.07, 6.45) is 1.10. The average Bonchev–Trinajstić information content (AvgIpc) is 3.01. The maximum Gasteiger partial charge on any atom is 0.573 e. The number of carbonyl (C=O) groups is 1. The fourth-order valence-corrected chi connectivity index (χ4v) is 5.95. The van der Waals surface area contributed by atoms with Crippen molar-refractivity contribution in [2.45, 2.75) is 82.2 Å². The van der Waals surface area contributed by atoms with Crippen LogP contribution in [0.4, 0.5) is 13.2 Å². The van der Waals surface area contributed by atoms with E-state index >= 15 is 0 Å². The number of piperidine rings is 1. The number of hydrogen-bond donors (Lipinski definition) is 1. The summed E-state index contributed by atoms with van der Waals surface area (Å²) in [4.78, 5) is 23.8. The van der Waals surface area contributed by atoms with Crippen LogP contribution in [0.1, 0.15) is 66.2 Å². The van der Waals surface area contributed by atoms with Gasteiger partial charge in [0.25, 0.3) is 5.91 Å². The Morgan fingerprint density at radius 2 is 1.86 bits per heavy atom. The standard InChI is InChI=1S/C30H39F3N4O6/c1-19-27(29(38)37-13-10-21(11-14-37)36-24-12-15-40-17-26(24)39-2)34-18-35-28(19)41-16-23-4-3-5-25(42-23)20-6-8-22(9-7-20)43-30(31,32)33/h6-9,18,21,23-26,36H,3-5,10-17H2,1-2H3/t23-,24-,25+,26+/m1/s1. The van der Waals surface area contributed by atoms with Gasteiger partial charge in [-0.3, -0.25) is 4.79 Å². The summed E-state index contributed by atoms with van der Waals surface area (Å²) in [6.45, 7) is 4.56. The van der Waals surface area contributed by atoms with E-state index in [9.17, 15) is 18.0 Å². The number of halogens is 3. The summed E-state index contributed by atoms with van der Waals surface area (Å²) in [5.41, 5.74) is 1.67. The Hall–Kier alpha value is -3.00. The number of alkyl halides is 3. The van der Waals surface area contributed by atoms with Crippen molar-refractivity contribution in [2.24, 2.45) is 0 Å². The predicted octanol–water partition coefficient (Wildman–Crippen LogP) is 4.37. The van der Waals surface area contributed by atoms with E-state index in [1.54, 1.807) is 26.2 Å². The largest absolute Gasteiger partial charge is 0.573 e. The predicted molar refractivity (Wildman–Crippen MR) is 149 cm³/mol. The van der Waals surface area contributed by atoms with Crippen LogP contribution in [0.25, 0.3) is 0 Å². The zero-order chi connectivity index (χ0) is 30.4. The number of amides is 1.